The lowest BCUT2D eigenvalue weighted by Crippen LogP contribution is -2.51. The lowest BCUT2D eigenvalue weighted by molar-refractivity contribution is -0.167. The Balaban J connectivity index is 1.99. The van der Waals surface area contributed by atoms with E-state index < -0.39 is 11.4 Å². The average molecular weight is 469 g/mol. The highest BCUT2D eigenvalue weighted by molar-refractivity contribution is 5.76. The van der Waals surface area contributed by atoms with Crippen LogP contribution in [0.2, 0.25) is 0 Å². The number of carboxylic acid groups (broad SMARTS) is 1. The van der Waals surface area contributed by atoms with Crippen molar-refractivity contribution >= 4 is 5.97 Å². The van der Waals surface area contributed by atoms with Crippen molar-refractivity contribution in [3.8, 4) is 0 Å². The number of rotatable bonds is 4. The Labute approximate surface area is 210 Å². The topological polar surface area (TPSA) is 37.3 Å². The molecular weight excluding hydrogens is 416 g/mol. The predicted molar refractivity (Wildman–Crippen MR) is 145 cm³/mol. The van der Waals surface area contributed by atoms with Gasteiger partial charge < -0.3 is 5.11 Å². The third kappa shape index (κ3) is 7.85. The van der Waals surface area contributed by atoms with Crippen LogP contribution in [0.1, 0.15) is 135 Å². The Morgan fingerprint density at radius 3 is 1.03 bits per heavy atom. The summed E-state index contributed by atoms with van der Waals surface area (Å²) in [5, 5.41) is 11.3. The van der Waals surface area contributed by atoms with Gasteiger partial charge in [-0.2, -0.15) is 0 Å². The molecule has 0 saturated carbocycles. The van der Waals surface area contributed by atoms with Crippen molar-refractivity contribution in [1.29, 1.82) is 0 Å². The van der Waals surface area contributed by atoms with Crippen molar-refractivity contribution in [1.82, 2.24) is 0 Å². The zero-order valence-corrected chi connectivity index (χ0v) is 21.9. The highest BCUT2D eigenvalue weighted by atomic mass is 16.4. The SMILES string of the molecule is O=C(O)C(C1CCCC=CCCCC1)(C1CCCC=CCCCC1)C1CCCC=CCCCC1. The molecule has 192 valence electrons. The first-order chi connectivity index (χ1) is 16.8. The lowest BCUT2D eigenvalue weighted by Gasteiger charge is -2.49. The second-order valence-corrected chi connectivity index (χ2v) is 11.4. The monoisotopic (exact) mass is 468 g/mol. The molecule has 0 aromatic carbocycles. The summed E-state index contributed by atoms with van der Waals surface area (Å²) in [6.45, 7) is 0. The third-order valence-corrected chi connectivity index (χ3v) is 9.19. The Hall–Kier alpha value is -1.31. The quantitative estimate of drug-likeness (QED) is 0.417. The fourth-order valence-electron chi connectivity index (χ4n) is 7.50. The molecule has 3 unspecified atom stereocenters. The van der Waals surface area contributed by atoms with Crippen LogP contribution in [-0.2, 0) is 4.79 Å². The lowest BCUT2D eigenvalue weighted by atomic mass is 9.53. The van der Waals surface area contributed by atoms with Crippen molar-refractivity contribution in [3.05, 3.63) is 36.5 Å². The fourth-order valence-corrected chi connectivity index (χ4v) is 7.50. The van der Waals surface area contributed by atoms with Crippen LogP contribution in [0.25, 0.3) is 0 Å². The van der Waals surface area contributed by atoms with Gasteiger partial charge >= 0.3 is 5.97 Å². The molecule has 0 amide bonds. The summed E-state index contributed by atoms with van der Waals surface area (Å²) in [5.41, 5.74) is -0.533. The van der Waals surface area contributed by atoms with Crippen LogP contribution in [0.3, 0.4) is 0 Å². The Morgan fingerprint density at radius 1 is 0.471 bits per heavy atom. The van der Waals surface area contributed by atoms with Crippen LogP contribution in [0.15, 0.2) is 36.5 Å². The summed E-state index contributed by atoms with van der Waals surface area (Å²) in [5.74, 6) is 0.579. The molecule has 3 aliphatic rings. The van der Waals surface area contributed by atoms with Gasteiger partial charge in [0.2, 0.25) is 0 Å². The summed E-state index contributed by atoms with van der Waals surface area (Å²) in [6.07, 6.45) is 38.3. The molecule has 3 aliphatic carbocycles. The van der Waals surface area contributed by atoms with Gasteiger partial charge in [0.1, 0.15) is 0 Å². The summed E-state index contributed by atoms with van der Waals surface area (Å²) in [6, 6.07) is 0. The van der Waals surface area contributed by atoms with Crippen LogP contribution in [0.5, 0.6) is 0 Å². The molecule has 0 aromatic rings. The Kier molecular flexibility index (Phi) is 12.5. The van der Waals surface area contributed by atoms with Gasteiger partial charge in [-0.15, -0.1) is 0 Å². The van der Waals surface area contributed by atoms with Gasteiger partial charge in [-0.05, 0) is 133 Å². The van der Waals surface area contributed by atoms with E-state index >= 15 is 0 Å². The minimum atomic E-state index is -0.533. The first-order valence-electron chi connectivity index (χ1n) is 14.9. The zero-order chi connectivity index (χ0) is 23.9. The van der Waals surface area contributed by atoms with E-state index in [1.807, 2.05) is 0 Å². The summed E-state index contributed by atoms with van der Waals surface area (Å²) >= 11 is 0. The van der Waals surface area contributed by atoms with Gasteiger partial charge in [0.25, 0.3) is 0 Å². The Morgan fingerprint density at radius 2 is 0.735 bits per heavy atom. The first-order valence-corrected chi connectivity index (χ1v) is 14.9. The maximum Gasteiger partial charge on any atom is 0.310 e. The van der Waals surface area contributed by atoms with Gasteiger partial charge in [-0.25, -0.2) is 0 Å². The Bertz CT molecular complexity index is 579. The molecule has 0 fully saturated rings. The minimum absolute atomic E-state index is 0.337. The van der Waals surface area contributed by atoms with Gasteiger partial charge in [0, 0.05) is 0 Å². The van der Waals surface area contributed by atoms with E-state index in [9.17, 15) is 9.90 Å². The van der Waals surface area contributed by atoms with Gasteiger partial charge in [0.05, 0.1) is 5.41 Å². The van der Waals surface area contributed by atoms with E-state index in [-0.39, 0.29) is 0 Å². The van der Waals surface area contributed by atoms with Crippen molar-refractivity contribution in [2.24, 2.45) is 23.2 Å². The predicted octanol–water partition coefficient (Wildman–Crippen LogP) is 9.81. The van der Waals surface area contributed by atoms with E-state index in [1.54, 1.807) is 0 Å². The number of allylic oxidation sites excluding steroid dienone is 6. The number of hydrogen-bond donors (Lipinski definition) is 1. The molecule has 0 spiro atoms. The molecule has 2 heteroatoms. The number of carbonyl (C=O) groups is 1. The zero-order valence-electron chi connectivity index (χ0n) is 21.9. The molecule has 2 nitrogen and oxygen atoms in total. The number of aliphatic carboxylic acids is 1. The van der Waals surface area contributed by atoms with Crippen LogP contribution < -0.4 is 0 Å². The normalized spacial score (nSPS) is 30.6. The second-order valence-electron chi connectivity index (χ2n) is 11.4. The van der Waals surface area contributed by atoms with Crippen molar-refractivity contribution in [3.63, 3.8) is 0 Å². The van der Waals surface area contributed by atoms with Crippen LogP contribution in [0, 0.1) is 23.2 Å². The van der Waals surface area contributed by atoms with Crippen molar-refractivity contribution < 1.29 is 9.90 Å². The highest BCUT2D eigenvalue weighted by Crippen LogP contribution is 2.54. The molecule has 0 aliphatic heterocycles. The third-order valence-electron chi connectivity index (χ3n) is 9.19. The van der Waals surface area contributed by atoms with Crippen molar-refractivity contribution in [2.75, 3.05) is 0 Å². The van der Waals surface area contributed by atoms with E-state index in [4.69, 9.17) is 0 Å². The summed E-state index contributed by atoms with van der Waals surface area (Å²) in [4.78, 5) is 13.7. The molecule has 0 aromatic heterocycles. The fraction of sp³-hybridized carbons (Fsp3) is 0.781. The smallest absolute Gasteiger partial charge is 0.310 e. The molecule has 0 heterocycles. The summed E-state index contributed by atoms with van der Waals surface area (Å²) < 4.78 is 0. The van der Waals surface area contributed by atoms with E-state index in [0.717, 1.165) is 96.3 Å². The molecule has 0 saturated heterocycles. The van der Waals surface area contributed by atoms with E-state index in [2.05, 4.69) is 36.5 Å². The van der Waals surface area contributed by atoms with Crippen LogP contribution in [-0.4, -0.2) is 11.1 Å². The standard InChI is InChI=1S/C32H52O2/c33-31(34)32(28-22-16-10-4-1-5-11-17-23-28,29-24-18-12-6-2-7-13-19-25-29)30-26-20-14-8-3-9-15-21-27-30/h1-4,6,8,28-30H,5,7,9-27H2,(H,33,34). The molecule has 34 heavy (non-hydrogen) atoms. The molecular formula is C32H52O2. The maximum atomic E-state index is 13.7. The molecule has 3 atom stereocenters. The molecule has 0 bridgehead atoms. The largest absolute Gasteiger partial charge is 0.481 e. The minimum Gasteiger partial charge on any atom is -0.481 e. The average Bonchev–Trinajstić information content (AvgIpc) is 2.86. The summed E-state index contributed by atoms with van der Waals surface area (Å²) in [7, 11) is 0. The number of carboxylic acids is 1. The van der Waals surface area contributed by atoms with Gasteiger partial charge in [-0.3, -0.25) is 4.79 Å². The van der Waals surface area contributed by atoms with E-state index in [1.165, 1.54) is 38.5 Å². The molecule has 0 radical (unpaired) electrons. The second kappa shape index (κ2) is 15.6. The van der Waals surface area contributed by atoms with E-state index in [0.29, 0.717) is 17.8 Å². The maximum absolute atomic E-state index is 13.7. The molecule has 1 N–H and O–H groups in total. The highest BCUT2D eigenvalue weighted by Gasteiger charge is 2.54. The number of hydrogen-bond acceptors (Lipinski definition) is 1. The van der Waals surface area contributed by atoms with Crippen LogP contribution in [0.4, 0.5) is 0 Å². The first kappa shape index (κ1) is 27.3. The van der Waals surface area contributed by atoms with Gasteiger partial charge in [-0.1, -0.05) is 55.7 Å². The van der Waals surface area contributed by atoms with Crippen LogP contribution >= 0.6 is 0 Å². The van der Waals surface area contributed by atoms with Crippen molar-refractivity contribution in [2.45, 2.75) is 135 Å². The van der Waals surface area contributed by atoms with Gasteiger partial charge in [0.15, 0.2) is 0 Å². The molecule has 3 rings (SSSR count).